The van der Waals surface area contributed by atoms with Gasteiger partial charge < -0.3 is 19.3 Å². The highest BCUT2D eigenvalue weighted by molar-refractivity contribution is 6.00. The molecule has 3 rings (SSSR count). The van der Waals surface area contributed by atoms with E-state index in [2.05, 4.69) is 10.5 Å². The Morgan fingerprint density at radius 3 is 2.61 bits per heavy atom. The number of hydrogen-bond acceptors (Lipinski definition) is 9. The maximum atomic E-state index is 12.7. The number of aryl methyl sites for hydroxylation is 2. The van der Waals surface area contributed by atoms with Gasteiger partial charge in [0.1, 0.15) is 11.4 Å². The molecule has 2 aromatic heterocycles. The van der Waals surface area contributed by atoms with Gasteiger partial charge in [-0.25, -0.2) is 4.79 Å². The van der Waals surface area contributed by atoms with Crippen molar-refractivity contribution in [3.63, 3.8) is 0 Å². The molecule has 33 heavy (non-hydrogen) atoms. The highest BCUT2D eigenvalue weighted by atomic mass is 16.6. The lowest BCUT2D eigenvalue weighted by Crippen LogP contribution is -2.15. The van der Waals surface area contributed by atoms with E-state index in [-0.39, 0.29) is 16.9 Å². The Morgan fingerprint density at radius 2 is 1.97 bits per heavy atom. The normalized spacial score (nSPS) is 10.8. The van der Waals surface area contributed by atoms with Gasteiger partial charge in [-0.2, -0.15) is 0 Å². The van der Waals surface area contributed by atoms with E-state index >= 15 is 0 Å². The molecule has 0 amide bonds. The number of ether oxygens (including phenoxy) is 2. The predicted octanol–water partition coefficient (Wildman–Crippen LogP) is 3.40. The number of nitrogens with zero attached hydrogens (tertiary/aromatic N) is 3. The first kappa shape index (κ1) is 23.7. The molecule has 0 saturated heterocycles. The van der Waals surface area contributed by atoms with Crippen molar-refractivity contribution in [2.45, 2.75) is 20.8 Å². The van der Waals surface area contributed by atoms with Crippen LogP contribution in [0.25, 0.3) is 5.82 Å². The molecule has 0 unspecified atom stereocenters. The number of Topliss-reactive ketones (excluding diaryl/α,β-unsaturated/α-hetero) is 1. The number of methoxy groups -OCH3 is 1. The molecular weight excluding hydrogens is 432 g/mol. The number of esters is 1. The van der Waals surface area contributed by atoms with Crippen LogP contribution in [0.3, 0.4) is 0 Å². The zero-order valence-electron chi connectivity index (χ0n) is 18.7. The molecule has 0 aliphatic rings. The van der Waals surface area contributed by atoms with Gasteiger partial charge in [-0.15, -0.1) is 0 Å². The third-order valence-electron chi connectivity index (χ3n) is 4.96. The van der Waals surface area contributed by atoms with Gasteiger partial charge in [0, 0.05) is 42.7 Å². The van der Waals surface area contributed by atoms with E-state index in [1.165, 1.54) is 19.2 Å². The van der Waals surface area contributed by atoms with Gasteiger partial charge in [0.15, 0.2) is 12.4 Å². The third-order valence-corrected chi connectivity index (χ3v) is 4.96. The van der Waals surface area contributed by atoms with Crippen LogP contribution in [0.2, 0.25) is 0 Å². The van der Waals surface area contributed by atoms with E-state index in [0.717, 1.165) is 11.8 Å². The Morgan fingerprint density at radius 1 is 1.21 bits per heavy atom. The summed E-state index contributed by atoms with van der Waals surface area (Å²) in [5.74, 6) is -0.0653. The van der Waals surface area contributed by atoms with E-state index in [9.17, 15) is 19.7 Å². The topological polar surface area (TPSA) is 139 Å². The van der Waals surface area contributed by atoms with Crippen LogP contribution in [0, 0.1) is 30.9 Å². The Kier molecular flexibility index (Phi) is 7.23. The lowest BCUT2D eigenvalue weighted by molar-refractivity contribution is -0.384. The lowest BCUT2D eigenvalue weighted by Gasteiger charge is -2.09. The van der Waals surface area contributed by atoms with Crippen molar-refractivity contribution in [1.29, 1.82) is 0 Å². The smallest absolute Gasteiger partial charge is 0.338 e. The fourth-order valence-electron chi connectivity index (χ4n) is 3.40. The molecule has 11 nitrogen and oxygen atoms in total. The molecule has 0 saturated carbocycles. The zero-order chi connectivity index (χ0) is 24.1. The highest BCUT2D eigenvalue weighted by Crippen LogP contribution is 2.26. The number of anilines is 1. The number of benzene rings is 1. The minimum Gasteiger partial charge on any atom is -0.454 e. The summed E-state index contributed by atoms with van der Waals surface area (Å²) in [6.45, 7) is 5.55. The second-order valence-electron chi connectivity index (χ2n) is 7.32. The summed E-state index contributed by atoms with van der Waals surface area (Å²) >= 11 is 0. The standard InChI is InChI=1S/C22H24N4O7/c1-13-9-17(15(3)25(13)21-10-14(2)33-24-21)20(27)12-32-22(28)16-5-6-18(23-7-8-31-4)19(11-16)26(29)30/h5-6,9-11,23H,7-8,12H2,1-4H3. The van der Waals surface area contributed by atoms with Crippen LogP contribution >= 0.6 is 0 Å². The molecule has 0 aliphatic heterocycles. The first-order valence-corrected chi connectivity index (χ1v) is 10.1. The van der Waals surface area contributed by atoms with Gasteiger partial charge in [0.2, 0.25) is 5.78 Å². The molecule has 174 valence electrons. The Hall–Kier alpha value is -3.99. The van der Waals surface area contributed by atoms with E-state index in [1.807, 2.05) is 6.92 Å². The van der Waals surface area contributed by atoms with Crippen LogP contribution in [0.15, 0.2) is 34.9 Å². The average Bonchev–Trinajstić information content (AvgIpc) is 3.33. The number of rotatable bonds is 10. The SMILES string of the molecule is COCCNc1ccc(C(=O)OCC(=O)c2cc(C)n(-c3cc(C)on3)c2C)cc1[N+](=O)[O-]. The number of aromatic nitrogens is 2. The van der Waals surface area contributed by atoms with Gasteiger partial charge in [0.25, 0.3) is 5.69 Å². The summed E-state index contributed by atoms with van der Waals surface area (Å²) in [5, 5.41) is 18.2. The molecule has 3 aromatic rings. The van der Waals surface area contributed by atoms with Crippen molar-refractivity contribution >= 4 is 23.1 Å². The third kappa shape index (κ3) is 5.26. The number of nitrogens with one attached hydrogen (secondary N) is 1. The Bertz CT molecular complexity index is 1200. The van der Waals surface area contributed by atoms with Gasteiger partial charge >= 0.3 is 5.97 Å². The first-order valence-electron chi connectivity index (χ1n) is 10.1. The second kappa shape index (κ2) is 10.1. The number of ketones is 1. The lowest BCUT2D eigenvalue weighted by atomic mass is 10.1. The van der Waals surface area contributed by atoms with Gasteiger partial charge in [-0.1, -0.05) is 5.16 Å². The molecule has 11 heteroatoms. The summed E-state index contributed by atoms with van der Waals surface area (Å²) in [5.41, 5.74) is 1.71. The summed E-state index contributed by atoms with van der Waals surface area (Å²) in [6.07, 6.45) is 0. The van der Waals surface area contributed by atoms with Crippen LogP contribution in [-0.4, -0.2) is 53.3 Å². The van der Waals surface area contributed by atoms with E-state index in [1.54, 1.807) is 30.5 Å². The van der Waals surface area contributed by atoms with Crippen molar-refractivity contribution in [2.75, 3.05) is 32.2 Å². The van der Waals surface area contributed by atoms with Crippen molar-refractivity contribution in [2.24, 2.45) is 0 Å². The largest absolute Gasteiger partial charge is 0.454 e. The van der Waals surface area contributed by atoms with Gasteiger partial charge in [-0.05, 0) is 39.0 Å². The number of hydrogen-bond donors (Lipinski definition) is 1. The molecule has 1 N–H and O–H groups in total. The van der Waals surface area contributed by atoms with Crippen LogP contribution < -0.4 is 5.32 Å². The molecular formula is C22H24N4O7. The minimum absolute atomic E-state index is 0.0321. The molecule has 0 bridgehead atoms. The molecule has 0 spiro atoms. The van der Waals surface area contributed by atoms with Crippen molar-refractivity contribution in [1.82, 2.24) is 9.72 Å². The number of nitro benzene ring substituents is 1. The van der Waals surface area contributed by atoms with E-state index in [0.29, 0.717) is 36.0 Å². The predicted molar refractivity (Wildman–Crippen MR) is 118 cm³/mol. The van der Waals surface area contributed by atoms with Crippen LogP contribution in [-0.2, 0) is 9.47 Å². The van der Waals surface area contributed by atoms with Crippen LogP contribution in [0.1, 0.15) is 37.9 Å². The summed E-state index contributed by atoms with van der Waals surface area (Å²) in [7, 11) is 1.52. The summed E-state index contributed by atoms with van der Waals surface area (Å²) in [6, 6.07) is 7.35. The maximum absolute atomic E-state index is 12.7. The average molecular weight is 456 g/mol. The summed E-state index contributed by atoms with van der Waals surface area (Å²) < 4.78 is 16.9. The van der Waals surface area contributed by atoms with Crippen molar-refractivity contribution in [3.8, 4) is 5.82 Å². The Balaban J connectivity index is 1.71. The van der Waals surface area contributed by atoms with Gasteiger partial charge in [-0.3, -0.25) is 19.5 Å². The number of carbonyl (C=O) groups excluding carboxylic acids is 2. The second-order valence-corrected chi connectivity index (χ2v) is 7.32. The summed E-state index contributed by atoms with van der Waals surface area (Å²) in [4.78, 5) is 35.9. The van der Waals surface area contributed by atoms with Crippen molar-refractivity contribution < 1.29 is 28.5 Å². The highest BCUT2D eigenvalue weighted by Gasteiger charge is 2.22. The fourth-order valence-corrected chi connectivity index (χ4v) is 3.40. The zero-order valence-corrected chi connectivity index (χ0v) is 18.7. The maximum Gasteiger partial charge on any atom is 0.338 e. The fraction of sp³-hybridized carbons (Fsp3) is 0.318. The van der Waals surface area contributed by atoms with E-state index in [4.69, 9.17) is 14.0 Å². The first-order chi connectivity index (χ1) is 15.7. The number of carbonyl (C=O) groups is 2. The molecule has 0 fully saturated rings. The van der Waals surface area contributed by atoms with Gasteiger partial charge in [0.05, 0.1) is 17.1 Å². The van der Waals surface area contributed by atoms with Crippen LogP contribution in [0.4, 0.5) is 11.4 Å². The minimum atomic E-state index is -0.837. The molecule has 0 radical (unpaired) electrons. The monoisotopic (exact) mass is 456 g/mol. The Labute approximate surface area is 189 Å². The molecule has 1 aromatic carbocycles. The van der Waals surface area contributed by atoms with Crippen molar-refractivity contribution in [3.05, 3.63) is 68.7 Å². The van der Waals surface area contributed by atoms with Crippen LogP contribution in [0.5, 0.6) is 0 Å². The molecule has 0 atom stereocenters. The quantitative estimate of drug-likeness (QED) is 0.160. The van der Waals surface area contributed by atoms with E-state index < -0.39 is 23.3 Å². The number of nitro groups is 1. The molecule has 0 aliphatic carbocycles. The molecule has 2 heterocycles.